The van der Waals surface area contributed by atoms with Crippen LogP contribution in [-0.4, -0.2) is 25.5 Å². The Balaban J connectivity index is 2.19. The molecule has 0 aromatic heterocycles. The minimum absolute atomic E-state index is 0.214. The zero-order chi connectivity index (χ0) is 14.9. The number of methoxy groups -OCH3 is 1. The average molecular weight is 278 g/mol. The van der Waals surface area contributed by atoms with Gasteiger partial charge in [0.1, 0.15) is 11.7 Å². The molecule has 0 unspecified atom stereocenters. The molecule has 110 valence electrons. The second kappa shape index (κ2) is 5.44. The Bertz CT molecular complexity index is 472. The fourth-order valence-electron chi connectivity index (χ4n) is 2.27. The Labute approximate surface area is 120 Å². The summed E-state index contributed by atoms with van der Waals surface area (Å²) in [5.41, 5.74) is 0.657. The van der Waals surface area contributed by atoms with Crippen LogP contribution in [0.2, 0.25) is 0 Å². The summed E-state index contributed by atoms with van der Waals surface area (Å²) in [5.74, 6) is 0.146. The molecule has 1 heterocycles. The largest absolute Gasteiger partial charge is 0.497 e. The van der Waals surface area contributed by atoms with Gasteiger partial charge in [-0.05, 0) is 24.6 Å². The highest BCUT2D eigenvalue weighted by molar-refractivity contribution is 5.79. The molecule has 4 nitrogen and oxygen atoms in total. The van der Waals surface area contributed by atoms with Gasteiger partial charge in [-0.25, -0.2) is 0 Å². The fourth-order valence-corrected chi connectivity index (χ4v) is 2.27. The molecule has 2 rings (SSSR count). The van der Waals surface area contributed by atoms with Gasteiger partial charge in [-0.2, -0.15) is 0 Å². The maximum atomic E-state index is 12.3. The molecule has 4 heteroatoms. The number of esters is 1. The second-order valence-corrected chi connectivity index (χ2v) is 6.23. The van der Waals surface area contributed by atoms with Crippen molar-refractivity contribution in [2.75, 3.05) is 7.11 Å². The molecule has 1 aromatic carbocycles. The smallest absolute Gasteiger partial charge is 0.318 e. The van der Waals surface area contributed by atoms with Crippen LogP contribution in [0.3, 0.4) is 0 Å². The van der Waals surface area contributed by atoms with Crippen molar-refractivity contribution in [3.63, 3.8) is 0 Å². The number of ether oxygens (including phenoxy) is 3. The van der Waals surface area contributed by atoms with E-state index in [0.29, 0.717) is 0 Å². The van der Waals surface area contributed by atoms with Gasteiger partial charge in [-0.1, -0.05) is 32.9 Å². The third-order valence-electron chi connectivity index (χ3n) is 3.47. The topological polar surface area (TPSA) is 44.8 Å². The Kier molecular flexibility index (Phi) is 4.04. The minimum Gasteiger partial charge on any atom is -0.497 e. The van der Waals surface area contributed by atoms with Crippen LogP contribution in [0.5, 0.6) is 5.75 Å². The first kappa shape index (κ1) is 14.9. The first-order valence-electron chi connectivity index (χ1n) is 6.83. The van der Waals surface area contributed by atoms with Gasteiger partial charge < -0.3 is 14.2 Å². The number of cyclic esters (lactones) is 1. The molecule has 1 saturated heterocycles. The van der Waals surface area contributed by atoms with Crippen LogP contribution in [0.1, 0.15) is 39.2 Å². The maximum Gasteiger partial charge on any atom is 0.318 e. The Morgan fingerprint density at radius 2 is 1.75 bits per heavy atom. The summed E-state index contributed by atoms with van der Waals surface area (Å²) in [5, 5.41) is 0. The first-order valence-corrected chi connectivity index (χ1v) is 6.83. The normalized spacial score (nSPS) is 27.1. The summed E-state index contributed by atoms with van der Waals surface area (Å²) < 4.78 is 16.4. The predicted molar refractivity (Wildman–Crippen MR) is 75.6 cm³/mol. The van der Waals surface area contributed by atoms with Gasteiger partial charge >= 0.3 is 5.97 Å². The highest BCUT2D eigenvalue weighted by Crippen LogP contribution is 2.35. The number of benzene rings is 1. The molecule has 1 aliphatic rings. The van der Waals surface area contributed by atoms with E-state index < -0.39 is 6.29 Å². The van der Waals surface area contributed by atoms with Gasteiger partial charge in [0.15, 0.2) is 0 Å². The molecule has 20 heavy (non-hydrogen) atoms. The quantitative estimate of drug-likeness (QED) is 0.780. The van der Waals surface area contributed by atoms with E-state index in [4.69, 9.17) is 14.2 Å². The van der Waals surface area contributed by atoms with Gasteiger partial charge in [0.25, 0.3) is 0 Å². The van der Waals surface area contributed by atoms with Crippen molar-refractivity contribution in [3.05, 3.63) is 29.8 Å². The van der Waals surface area contributed by atoms with E-state index in [-0.39, 0.29) is 23.4 Å². The van der Waals surface area contributed by atoms with Crippen LogP contribution in [0, 0.1) is 5.41 Å². The lowest BCUT2D eigenvalue weighted by molar-refractivity contribution is -0.245. The van der Waals surface area contributed by atoms with Crippen molar-refractivity contribution in [2.24, 2.45) is 5.41 Å². The molecule has 0 radical (unpaired) electrons. The van der Waals surface area contributed by atoms with Crippen molar-refractivity contribution in [2.45, 2.75) is 46.0 Å². The van der Waals surface area contributed by atoms with E-state index in [1.807, 2.05) is 52.0 Å². The maximum absolute atomic E-state index is 12.3. The lowest BCUT2D eigenvalue weighted by Gasteiger charge is -2.39. The summed E-state index contributed by atoms with van der Waals surface area (Å²) in [6.45, 7) is 7.89. The predicted octanol–water partition coefficient (Wildman–Crippen LogP) is 3.11. The van der Waals surface area contributed by atoms with E-state index >= 15 is 0 Å². The third kappa shape index (κ3) is 2.96. The number of carbonyl (C=O) groups excluding carboxylic acids is 1. The molecule has 1 fully saturated rings. The third-order valence-corrected chi connectivity index (χ3v) is 3.47. The number of hydrogen-bond acceptors (Lipinski definition) is 4. The van der Waals surface area contributed by atoms with E-state index in [9.17, 15) is 4.79 Å². The number of hydrogen-bond donors (Lipinski definition) is 0. The summed E-state index contributed by atoms with van der Waals surface area (Å²) in [6.07, 6.45) is -0.714. The SMILES string of the molecule is COc1ccc([C@H]2C(=O)O[C@H](C(C)(C)C)O[C@@H]2C)cc1. The fraction of sp³-hybridized carbons (Fsp3) is 0.562. The zero-order valence-electron chi connectivity index (χ0n) is 12.7. The first-order chi connectivity index (χ1) is 9.32. The van der Waals surface area contributed by atoms with Crippen molar-refractivity contribution in [3.8, 4) is 5.75 Å². The molecule has 1 aliphatic heterocycles. The number of rotatable bonds is 2. The summed E-state index contributed by atoms with van der Waals surface area (Å²) in [7, 11) is 1.61. The van der Waals surface area contributed by atoms with Crippen LogP contribution in [0.25, 0.3) is 0 Å². The van der Waals surface area contributed by atoms with Gasteiger partial charge in [0.05, 0.1) is 13.2 Å². The zero-order valence-corrected chi connectivity index (χ0v) is 12.7. The van der Waals surface area contributed by atoms with Gasteiger partial charge in [-0.15, -0.1) is 0 Å². The summed E-state index contributed by atoms with van der Waals surface area (Å²) in [4.78, 5) is 12.3. The molecule has 1 aromatic rings. The van der Waals surface area contributed by atoms with Crippen LogP contribution in [-0.2, 0) is 14.3 Å². The van der Waals surface area contributed by atoms with Gasteiger partial charge in [0.2, 0.25) is 6.29 Å². The standard InChI is InChI=1S/C16H22O4/c1-10-13(11-6-8-12(18-5)9-7-11)14(17)20-15(19-10)16(2,3)4/h6-10,13,15H,1-5H3/t10-,13+,15-/m1/s1. The molecule has 0 amide bonds. The molecule has 0 N–H and O–H groups in total. The van der Waals surface area contributed by atoms with E-state index in [2.05, 4.69) is 0 Å². The van der Waals surface area contributed by atoms with E-state index in [0.717, 1.165) is 11.3 Å². The van der Waals surface area contributed by atoms with Crippen molar-refractivity contribution in [1.29, 1.82) is 0 Å². The van der Waals surface area contributed by atoms with Gasteiger partial charge in [-0.3, -0.25) is 4.79 Å². The molecule has 0 bridgehead atoms. The minimum atomic E-state index is -0.500. The van der Waals surface area contributed by atoms with Crippen LogP contribution in [0.4, 0.5) is 0 Å². The Morgan fingerprint density at radius 3 is 2.20 bits per heavy atom. The van der Waals surface area contributed by atoms with Crippen molar-refractivity contribution in [1.82, 2.24) is 0 Å². The summed E-state index contributed by atoms with van der Waals surface area (Å²) >= 11 is 0. The molecule has 3 atom stereocenters. The van der Waals surface area contributed by atoms with Crippen LogP contribution in [0.15, 0.2) is 24.3 Å². The molecular weight excluding hydrogens is 256 g/mol. The van der Waals surface area contributed by atoms with Crippen molar-refractivity contribution < 1.29 is 19.0 Å². The lowest BCUT2D eigenvalue weighted by Crippen LogP contribution is -2.46. The molecular formula is C16H22O4. The second-order valence-electron chi connectivity index (χ2n) is 6.23. The Morgan fingerprint density at radius 1 is 1.15 bits per heavy atom. The Hall–Kier alpha value is -1.55. The highest BCUT2D eigenvalue weighted by atomic mass is 16.7. The van der Waals surface area contributed by atoms with E-state index in [1.54, 1.807) is 7.11 Å². The highest BCUT2D eigenvalue weighted by Gasteiger charge is 2.42. The van der Waals surface area contributed by atoms with Crippen LogP contribution >= 0.6 is 0 Å². The lowest BCUT2D eigenvalue weighted by atomic mass is 9.90. The van der Waals surface area contributed by atoms with Crippen LogP contribution < -0.4 is 4.74 Å². The number of carbonyl (C=O) groups is 1. The van der Waals surface area contributed by atoms with Gasteiger partial charge in [0, 0.05) is 5.41 Å². The molecule has 0 spiro atoms. The summed E-state index contributed by atoms with van der Waals surface area (Å²) in [6, 6.07) is 7.43. The van der Waals surface area contributed by atoms with Crippen molar-refractivity contribution >= 4 is 5.97 Å². The molecule has 0 aliphatic carbocycles. The van der Waals surface area contributed by atoms with E-state index in [1.165, 1.54) is 0 Å². The average Bonchev–Trinajstić information content (AvgIpc) is 2.37. The monoisotopic (exact) mass is 278 g/mol. The molecule has 0 saturated carbocycles.